The predicted octanol–water partition coefficient (Wildman–Crippen LogP) is 1.55. The highest BCUT2D eigenvalue weighted by atomic mass is 16.5. The fourth-order valence-corrected chi connectivity index (χ4v) is 1.56. The molecule has 0 bridgehead atoms. The smallest absolute Gasteiger partial charge is 0.153 e. The van der Waals surface area contributed by atoms with Gasteiger partial charge in [0.15, 0.2) is 5.82 Å². The van der Waals surface area contributed by atoms with E-state index in [-0.39, 0.29) is 0 Å². The van der Waals surface area contributed by atoms with Crippen LogP contribution in [0.1, 0.15) is 25.1 Å². The van der Waals surface area contributed by atoms with Crippen molar-refractivity contribution in [1.82, 2.24) is 10.2 Å². The minimum absolute atomic E-state index is 0.631. The van der Waals surface area contributed by atoms with E-state index in [1.165, 1.54) is 11.3 Å². The van der Waals surface area contributed by atoms with Gasteiger partial charge in [-0.3, -0.25) is 5.10 Å². The van der Waals surface area contributed by atoms with Crippen molar-refractivity contribution in [3.63, 3.8) is 0 Å². The number of H-pyrrole nitrogens is 1. The van der Waals surface area contributed by atoms with Gasteiger partial charge in [-0.1, -0.05) is 13.8 Å². The Balaban J connectivity index is 2.06. The molecule has 2 heterocycles. The first-order valence-electron chi connectivity index (χ1n) is 5.15. The van der Waals surface area contributed by atoms with Gasteiger partial charge in [0.05, 0.1) is 13.2 Å². The van der Waals surface area contributed by atoms with Crippen molar-refractivity contribution in [1.29, 1.82) is 0 Å². The first-order chi connectivity index (χ1) is 6.77. The third-order valence-electron chi connectivity index (χ3n) is 2.37. The third-order valence-corrected chi connectivity index (χ3v) is 2.37. The fourth-order valence-electron chi connectivity index (χ4n) is 1.56. The lowest BCUT2D eigenvalue weighted by Gasteiger charge is -2.13. The molecule has 1 aromatic heterocycles. The van der Waals surface area contributed by atoms with E-state index in [4.69, 9.17) is 4.74 Å². The Morgan fingerprint density at radius 1 is 1.57 bits per heavy atom. The van der Waals surface area contributed by atoms with Gasteiger partial charge in [0.25, 0.3) is 0 Å². The molecule has 0 amide bonds. The maximum absolute atomic E-state index is 5.40. The third kappa shape index (κ3) is 1.90. The quantitative estimate of drug-likeness (QED) is 0.769. The van der Waals surface area contributed by atoms with Crippen LogP contribution in [0.15, 0.2) is 0 Å². The van der Waals surface area contributed by atoms with Gasteiger partial charge in [-0.2, -0.15) is 5.10 Å². The number of fused-ring (bicyclic) bond motifs is 1. The molecule has 1 aromatic rings. The molecular weight excluding hydrogens is 178 g/mol. The summed E-state index contributed by atoms with van der Waals surface area (Å²) < 4.78 is 5.40. The molecule has 1 aliphatic heterocycles. The molecule has 4 heteroatoms. The van der Waals surface area contributed by atoms with Crippen LogP contribution in [0.2, 0.25) is 0 Å². The van der Waals surface area contributed by atoms with E-state index in [1.807, 2.05) is 0 Å². The van der Waals surface area contributed by atoms with Crippen LogP contribution in [-0.4, -0.2) is 23.3 Å². The molecule has 78 valence electrons. The lowest BCUT2D eigenvalue weighted by Crippen LogP contribution is -2.13. The van der Waals surface area contributed by atoms with Crippen LogP contribution in [-0.2, 0) is 17.8 Å². The Morgan fingerprint density at radius 2 is 2.43 bits per heavy atom. The van der Waals surface area contributed by atoms with Gasteiger partial charge in [-0.15, -0.1) is 0 Å². The summed E-state index contributed by atoms with van der Waals surface area (Å²) in [5.74, 6) is 1.60. The normalized spacial score (nSPS) is 15.6. The zero-order valence-corrected chi connectivity index (χ0v) is 8.76. The van der Waals surface area contributed by atoms with Gasteiger partial charge in [-0.25, -0.2) is 0 Å². The summed E-state index contributed by atoms with van der Waals surface area (Å²) in [7, 11) is 0. The minimum atomic E-state index is 0.631. The molecule has 0 fully saturated rings. The minimum Gasteiger partial charge on any atom is -0.376 e. The largest absolute Gasteiger partial charge is 0.376 e. The van der Waals surface area contributed by atoms with Crippen LogP contribution in [0.25, 0.3) is 0 Å². The number of rotatable bonds is 3. The Labute approximate surface area is 84.0 Å². The van der Waals surface area contributed by atoms with E-state index in [0.29, 0.717) is 12.5 Å². The Bertz CT molecular complexity index is 306. The number of aromatic amines is 1. The summed E-state index contributed by atoms with van der Waals surface area (Å²) in [4.78, 5) is 0. The molecular formula is C10H17N3O. The molecule has 2 N–H and O–H groups in total. The summed E-state index contributed by atoms with van der Waals surface area (Å²) in [6.45, 7) is 6.81. The highest BCUT2D eigenvalue weighted by Crippen LogP contribution is 2.21. The summed E-state index contributed by atoms with van der Waals surface area (Å²) in [6.07, 6.45) is 0.950. The van der Waals surface area contributed by atoms with Crippen molar-refractivity contribution in [3.05, 3.63) is 11.3 Å². The standard InChI is InChI=1S/C10H17N3O/c1-7(2)5-11-10-8-6-14-4-3-9(8)12-13-10/h7H,3-6H2,1-2H3,(H2,11,12,13). The fraction of sp³-hybridized carbons (Fsp3) is 0.700. The Hall–Kier alpha value is -1.03. The van der Waals surface area contributed by atoms with Crippen LogP contribution in [0.3, 0.4) is 0 Å². The second kappa shape index (κ2) is 4.00. The summed E-state index contributed by atoms with van der Waals surface area (Å²) in [5.41, 5.74) is 2.43. The molecule has 0 aliphatic carbocycles. The highest BCUT2D eigenvalue weighted by molar-refractivity contribution is 5.46. The number of hydrogen-bond acceptors (Lipinski definition) is 3. The zero-order valence-electron chi connectivity index (χ0n) is 8.76. The SMILES string of the molecule is CC(C)CNc1n[nH]c2c1COCC2. The van der Waals surface area contributed by atoms with E-state index in [2.05, 4.69) is 29.4 Å². The van der Waals surface area contributed by atoms with Crippen LogP contribution >= 0.6 is 0 Å². The molecule has 0 saturated heterocycles. The van der Waals surface area contributed by atoms with Crippen molar-refractivity contribution >= 4 is 5.82 Å². The number of anilines is 1. The van der Waals surface area contributed by atoms with Crippen LogP contribution in [0, 0.1) is 5.92 Å². The van der Waals surface area contributed by atoms with Crippen LogP contribution < -0.4 is 5.32 Å². The van der Waals surface area contributed by atoms with Crippen molar-refractivity contribution in [2.75, 3.05) is 18.5 Å². The van der Waals surface area contributed by atoms with E-state index in [0.717, 1.165) is 25.4 Å². The highest BCUT2D eigenvalue weighted by Gasteiger charge is 2.16. The first kappa shape index (κ1) is 9.52. The van der Waals surface area contributed by atoms with Gasteiger partial charge in [-0.05, 0) is 5.92 Å². The molecule has 0 unspecified atom stereocenters. The number of hydrogen-bond donors (Lipinski definition) is 2. The zero-order chi connectivity index (χ0) is 9.97. The van der Waals surface area contributed by atoms with Crippen LogP contribution in [0.5, 0.6) is 0 Å². The molecule has 0 saturated carbocycles. The molecule has 0 aromatic carbocycles. The second-order valence-corrected chi connectivity index (χ2v) is 4.11. The molecule has 1 aliphatic rings. The molecule has 2 rings (SSSR count). The van der Waals surface area contributed by atoms with Gasteiger partial charge in [0.2, 0.25) is 0 Å². The second-order valence-electron chi connectivity index (χ2n) is 4.11. The molecule has 0 radical (unpaired) electrons. The topological polar surface area (TPSA) is 49.9 Å². The maximum atomic E-state index is 5.40. The molecule has 4 nitrogen and oxygen atoms in total. The number of ether oxygens (including phenoxy) is 1. The summed E-state index contributed by atoms with van der Waals surface area (Å²) >= 11 is 0. The van der Waals surface area contributed by atoms with Crippen molar-refractivity contribution in [3.8, 4) is 0 Å². The van der Waals surface area contributed by atoms with E-state index >= 15 is 0 Å². The average molecular weight is 195 g/mol. The Kier molecular flexibility index (Phi) is 2.72. The molecule has 0 atom stereocenters. The number of nitrogens with one attached hydrogen (secondary N) is 2. The Morgan fingerprint density at radius 3 is 3.21 bits per heavy atom. The van der Waals surface area contributed by atoms with Crippen molar-refractivity contribution in [2.24, 2.45) is 5.92 Å². The van der Waals surface area contributed by atoms with Crippen molar-refractivity contribution in [2.45, 2.75) is 26.9 Å². The number of aromatic nitrogens is 2. The predicted molar refractivity (Wildman–Crippen MR) is 55.3 cm³/mol. The summed E-state index contributed by atoms with van der Waals surface area (Å²) in [6, 6.07) is 0. The van der Waals surface area contributed by atoms with Gasteiger partial charge in [0.1, 0.15) is 0 Å². The maximum Gasteiger partial charge on any atom is 0.153 e. The van der Waals surface area contributed by atoms with Crippen molar-refractivity contribution < 1.29 is 4.74 Å². The average Bonchev–Trinajstić information content (AvgIpc) is 2.58. The summed E-state index contributed by atoms with van der Waals surface area (Å²) in [5, 5.41) is 10.6. The van der Waals surface area contributed by atoms with Crippen LogP contribution in [0.4, 0.5) is 5.82 Å². The molecule has 14 heavy (non-hydrogen) atoms. The molecule has 0 spiro atoms. The first-order valence-corrected chi connectivity index (χ1v) is 5.15. The lowest BCUT2D eigenvalue weighted by molar-refractivity contribution is 0.110. The van der Waals surface area contributed by atoms with E-state index in [1.54, 1.807) is 0 Å². The van der Waals surface area contributed by atoms with Gasteiger partial charge >= 0.3 is 0 Å². The van der Waals surface area contributed by atoms with E-state index in [9.17, 15) is 0 Å². The van der Waals surface area contributed by atoms with E-state index < -0.39 is 0 Å². The van der Waals surface area contributed by atoms with Gasteiger partial charge in [0, 0.05) is 24.2 Å². The van der Waals surface area contributed by atoms with Gasteiger partial charge < -0.3 is 10.1 Å². The monoisotopic (exact) mass is 195 g/mol. The number of nitrogens with zero attached hydrogens (tertiary/aromatic N) is 1. The lowest BCUT2D eigenvalue weighted by atomic mass is 10.1.